The van der Waals surface area contributed by atoms with E-state index in [4.69, 9.17) is 16.7 Å². The number of nitrogens with zero attached hydrogens (tertiary/aromatic N) is 1. The predicted octanol–water partition coefficient (Wildman–Crippen LogP) is 5.50. The zero-order valence-electron chi connectivity index (χ0n) is 17.4. The number of hydrogen-bond donors (Lipinski definition) is 1. The van der Waals surface area contributed by atoms with Crippen molar-refractivity contribution in [1.29, 1.82) is 0 Å². The van der Waals surface area contributed by atoms with E-state index in [1.165, 1.54) is 18.2 Å². The number of halogens is 2. The summed E-state index contributed by atoms with van der Waals surface area (Å²) in [6.45, 7) is 1.93. The van der Waals surface area contributed by atoms with Crippen LogP contribution in [0, 0.1) is 18.7 Å². The Morgan fingerprint density at radius 1 is 1.03 bits per heavy atom. The van der Waals surface area contributed by atoms with Crippen LogP contribution in [0.25, 0.3) is 22.5 Å². The molecule has 2 fully saturated rings. The van der Waals surface area contributed by atoms with E-state index in [0.717, 1.165) is 42.5 Å². The van der Waals surface area contributed by atoms with Gasteiger partial charge < -0.3 is 4.57 Å². The van der Waals surface area contributed by atoms with Crippen LogP contribution in [-0.2, 0) is 10.0 Å². The Bertz CT molecular complexity index is 1350. The maximum Gasteiger partial charge on any atom is 0.240 e. The van der Waals surface area contributed by atoms with Crippen molar-refractivity contribution in [2.45, 2.75) is 43.5 Å². The molecular weight excluding hydrogens is 451 g/mol. The highest BCUT2D eigenvalue weighted by atomic mass is 35.5. The molecule has 0 amide bonds. The molecule has 0 radical (unpaired) electrons. The number of carbonyl (C=O) groups excluding carboxylic acids is 1. The van der Waals surface area contributed by atoms with Crippen molar-refractivity contribution < 1.29 is 17.6 Å². The Labute approximate surface area is 191 Å². The molecule has 1 aromatic heterocycles. The van der Waals surface area contributed by atoms with Crippen molar-refractivity contribution in [1.82, 2.24) is 4.57 Å². The number of sulfonamides is 1. The Hall–Kier alpha value is -2.48. The fourth-order valence-electron chi connectivity index (χ4n) is 4.38. The molecule has 0 unspecified atom stereocenters. The summed E-state index contributed by atoms with van der Waals surface area (Å²) in [6, 6.07) is 11.5. The summed E-state index contributed by atoms with van der Waals surface area (Å²) >= 11 is 6.09. The monoisotopic (exact) mass is 472 g/mol. The molecule has 2 aliphatic carbocycles. The minimum atomic E-state index is -4.19. The van der Waals surface area contributed by atoms with E-state index >= 15 is 0 Å². The van der Waals surface area contributed by atoms with Crippen LogP contribution in [0.1, 0.15) is 47.6 Å². The number of rotatable bonds is 6. The average Bonchev–Trinajstić information content (AvgIpc) is 3.64. The third-order valence-corrected chi connectivity index (χ3v) is 7.38. The van der Waals surface area contributed by atoms with Gasteiger partial charge in [0.15, 0.2) is 5.78 Å². The van der Waals surface area contributed by atoms with Gasteiger partial charge in [0.1, 0.15) is 10.7 Å². The topological polar surface area (TPSA) is 82.2 Å². The average molecular weight is 473 g/mol. The quantitative estimate of drug-likeness (QED) is 0.481. The van der Waals surface area contributed by atoms with E-state index in [1.54, 1.807) is 0 Å². The molecule has 0 atom stereocenters. The first kappa shape index (κ1) is 21.4. The predicted molar refractivity (Wildman–Crippen MR) is 122 cm³/mol. The molecule has 2 saturated carbocycles. The summed E-state index contributed by atoms with van der Waals surface area (Å²) < 4.78 is 40.3. The molecule has 0 saturated heterocycles. The lowest BCUT2D eigenvalue weighted by atomic mass is 9.97. The minimum absolute atomic E-state index is 0.0193. The maximum absolute atomic E-state index is 14.8. The molecule has 2 aliphatic rings. The molecule has 3 aromatic rings. The van der Waals surface area contributed by atoms with Crippen molar-refractivity contribution in [3.63, 3.8) is 0 Å². The van der Waals surface area contributed by atoms with Crippen molar-refractivity contribution in [2.24, 2.45) is 11.1 Å². The van der Waals surface area contributed by atoms with Gasteiger partial charge in [-0.15, -0.1) is 0 Å². The number of nitrogens with two attached hydrogens (primary N) is 1. The zero-order valence-corrected chi connectivity index (χ0v) is 19.0. The van der Waals surface area contributed by atoms with Crippen LogP contribution >= 0.6 is 11.6 Å². The van der Waals surface area contributed by atoms with E-state index in [9.17, 15) is 17.6 Å². The summed E-state index contributed by atoms with van der Waals surface area (Å²) in [7, 11) is -4.19. The lowest BCUT2D eigenvalue weighted by molar-refractivity contribution is 0.0967. The molecule has 32 heavy (non-hydrogen) atoms. The fraction of sp³-hybridized carbons (Fsp3) is 0.292. The molecule has 5 nitrogen and oxygen atoms in total. The second-order valence-electron chi connectivity index (χ2n) is 8.63. The van der Waals surface area contributed by atoms with E-state index in [2.05, 4.69) is 4.57 Å². The normalized spacial score (nSPS) is 16.4. The van der Waals surface area contributed by atoms with E-state index < -0.39 is 20.7 Å². The van der Waals surface area contributed by atoms with Gasteiger partial charge >= 0.3 is 0 Å². The standard InChI is InChI=1S/C24H22ClFN2O3S/c1-13-21(24(29)15-2-3-15)23(16-6-11-20(19(26)12-16)32(27,30)31)28(18-9-10-18)22(13)14-4-7-17(25)8-5-14/h4-8,11-12,15,18H,2-3,9-10H2,1H3,(H2,27,30,31). The SMILES string of the molecule is Cc1c(C(=O)C2CC2)c(-c2ccc(S(N)(=O)=O)c(F)c2)n(C2CC2)c1-c1ccc(Cl)cc1. The van der Waals surface area contributed by atoms with Gasteiger partial charge in [-0.25, -0.2) is 17.9 Å². The Balaban J connectivity index is 1.80. The number of Topliss-reactive ketones (excluding diaryl/α,β-unsaturated/α-hetero) is 1. The smallest absolute Gasteiger partial charge is 0.240 e. The third kappa shape index (κ3) is 3.68. The van der Waals surface area contributed by atoms with Crippen LogP contribution in [0.4, 0.5) is 4.39 Å². The summed E-state index contributed by atoms with van der Waals surface area (Å²) in [6.07, 6.45) is 3.61. The zero-order chi connectivity index (χ0) is 22.8. The van der Waals surface area contributed by atoms with Gasteiger partial charge in [-0.05, 0) is 68.0 Å². The van der Waals surface area contributed by atoms with Gasteiger partial charge in [-0.1, -0.05) is 29.8 Å². The molecule has 1 heterocycles. The molecule has 8 heteroatoms. The molecular formula is C24H22ClFN2O3S. The van der Waals surface area contributed by atoms with Crippen LogP contribution in [-0.4, -0.2) is 18.8 Å². The number of carbonyl (C=O) groups is 1. The minimum Gasteiger partial charge on any atom is -0.337 e. The Morgan fingerprint density at radius 3 is 2.19 bits per heavy atom. The summed E-state index contributed by atoms with van der Waals surface area (Å²) in [5.74, 6) is -0.888. The first-order valence-electron chi connectivity index (χ1n) is 10.5. The number of hydrogen-bond acceptors (Lipinski definition) is 3. The lowest BCUT2D eigenvalue weighted by Gasteiger charge is -2.15. The molecule has 166 valence electrons. The Kier molecular flexibility index (Phi) is 5.04. The maximum atomic E-state index is 14.8. The van der Waals surface area contributed by atoms with Crippen molar-refractivity contribution in [3.8, 4) is 22.5 Å². The van der Waals surface area contributed by atoms with Gasteiger partial charge in [0.25, 0.3) is 0 Å². The molecule has 0 bridgehead atoms. The molecule has 0 aliphatic heterocycles. The lowest BCUT2D eigenvalue weighted by Crippen LogP contribution is -2.14. The summed E-state index contributed by atoms with van der Waals surface area (Å²) in [5.41, 5.74) is 4.39. The molecule has 0 spiro atoms. The van der Waals surface area contributed by atoms with Crippen LogP contribution in [0.15, 0.2) is 47.4 Å². The van der Waals surface area contributed by atoms with Crippen molar-refractivity contribution in [2.75, 3.05) is 0 Å². The molecule has 2 aromatic carbocycles. The van der Waals surface area contributed by atoms with Gasteiger partial charge in [0.05, 0.1) is 11.4 Å². The van der Waals surface area contributed by atoms with Crippen LogP contribution in [0.5, 0.6) is 0 Å². The highest BCUT2D eigenvalue weighted by Gasteiger charge is 2.39. The number of aromatic nitrogens is 1. The highest BCUT2D eigenvalue weighted by Crippen LogP contribution is 2.49. The molecule has 5 rings (SSSR count). The second kappa shape index (κ2) is 7.54. The van der Waals surface area contributed by atoms with Crippen LogP contribution < -0.4 is 5.14 Å². The van der Waals surface area contributed by atoms with Crippen LogP contribution in [0.3, 0.4) is 0 Å². The number of benzene rings is 2. The van der Waals surface area contributed by atoms with Gasteiger partial charge in [0, 0.05) is 28.1 Å². The first-order valence-corrected chi connectivity index (χ1v) is 12.5. The van der Waals surface area contributed by atoms with Crippen LogP contribution in [0.2, 0.25) is 5.02 Å². The Morgan fingerprint density at radius 2 is 1.66 bits per heavy atom. The third-order valence-electron chi connectivity index (χ3n) is 6.18. The highest BCUT2D eigenvalue weighted by molar-refractivity contribution is 7.89. The van der Waals surface area contributed by atoms with Gasteiger partial charge in [-0.3, -0.25) is 4.79 Å². The van der Waals surface area contributed by atoms with E-state index in [-0.39, 0.29) is 17.7 Å². The molecule has 2 N–H and O–H groups in total. The van der Waals surface area contributed by atoms with Crippen molar-refractivity contribution >= 4 is 27.4 Å². The fourth-order valence-corrected chi connectivity index (χ4v) is 5.10. The van der Waals surface area contributed by atoms with E-state index in [1.807, 2.05) is 31.2 Å². The largest absolute Gasteiger partial charge is 0.337 e. The van der Waals surface area contributed by atoms with E-state index in [0.29, 0.717) is 21.8 Å². The summed E-state index contributed by atoms with van der Waals surface area (Å²) in [5, 5.41) is 5.76. The summed E-state index contributed by atoms with van der Waals surface area (Å²) in [4.78, 5) is 12.8. The second-order valence-corrected chi connectivity index (χ2v) is 10.6. The van der Waals surface area contributed by atoms with Gasteiger partial charge in [-0.2, -0.15) is 0 Å². The van der Waals surface area contributed by atoms with Gasteiger partial charge in [0.2, 0.25) is 10.0 Å². The first-order chi connectivity index (χ1) is 15.2. The van der Waals surface area contributed by atoms with Crippen molar-refractivity contribution in [3.05, 3.63) is 64.4 Å². The number of ketones is 1. The number of primary sulfonamides is 1.